The number of anilines is 1. The van der Waals surface area contributed by atoms with Gasteiger partial charge in [-0.3, -0.25) is 4.99 Å². The van der Waals surface area contributed by atoms with Crippen LogP contribution in [0.5, 0.6) is 0 Å². The fraction of sp³-hybridized carbons (Fsp3) is 0.462. The number of benzene rings is 1. The molecule has 0 radical (unpaired) electrons. The summed E-state index contributed by atoms with van der Waals surface area (Å²) in [7, 11) is 2.17. The molecule has 1 atom stereocenters. The Kier molecular flexibility index (Phi) is 6.95. The number of hydrogen-bond acceptors (Lipinski definition) is 4. The number of hydrogen-bond donors (Lipinski definition) is 1. The van der Waals surface area contributed by atoms with Crippen molar-refractivity contribution in [1.29, 1.82) is 0 Å². The maximum atomic E-state index is 5.98. The Morgan fingerprint density at radius 1 is 1.40 bits per heavy atom. The van der Waals surface area contributed by atoms with Crippen molar-refractivity contribution < 1.29 is 0 Å². The highest BCUT2D eigenvalue weighted by Crippen LogP contribution is 2.29. The molecule has 1 aromatic rings. The van der Waals surface area contributed by atoms with Gasteiger partial charge in [-0.15, -0.1) is 24.8 Å². The zero-order valence-electron chi connectivity index (χ0n) is 11.1. The number of halogens is 3. The fourth-order valence-corrected chi connectivity index (χ4v) is 3.71. The minimum Gasteiger partial charge on any atom is -0.335 e. The average Bonchev–Trinajstić information content (AvgIpc) is 2.75. The minimum absolute atomic E-state index is 0. The van der Waals surface area contributed by atoms with Gasteiger partial charge < -0.3 is 10.2 Å². The van der Waals surface area contributed by atoms with Crippen LogP contribution in [0.4, 0.5) is 5.69 Å². The summed E-state index contributed by atoms with van der Waals surface area (Å²) >= 11 is 7.84. The number of amidine groups is 1. The van der Waals surface area contributed by atoms with Crippen LogP contribution in [0.15, 0.2) is 23.2 Å². The first kappa shape index (κ1) is 17.9. The van der Waals surface area contributed by atoms with Crippen LogP contribution >= 0.6 is 48.2 Å². The van der Waals surface area contributed by atoms with Gasteiger partial charge in [0.2, 0.25) is 0 Å². The normalized spacial score (nSPS) is 21.1. The van der Waals surface area contributed by atoms with Gasteiger partial charge in [-0.05, 0) is 43.8 Å². The van der Waals surface area contributed by atoms with Crippen molar-refractivity contribution in [2.24, 2.45) is 4.99 Å². The van der Waals surface area contributed by atoms with Crippen molar-refractivity contribution in [3.63, 3.8) is 0 Å². The molecule has 2 aliphatic heterocycles. The van der Waals surface area contributed by atoms with E-state index in [0.29, 0.717) is 5.25 Å². The summed E-state index contributed by atoms with van der Waals surface area (Å²) in [5.74, 6) is 0. The first-order valence-corrected chi connectivity index (χ1v) is 7.41. The number of thioether (sulfide) groups is 1. The topological polar surface area (TPSA) is 27.6 Å². The summed E-state index contributed by atoms with van der Waals surface area (Å²) in [6, 6.07) is 5.94. The van der Waals surface area contributed by atoms with Gasteiger partial charge in [0.1, 0.15) is 0 Å². The predicted molar refractivity (Wildman–Crippen MR) is 94.2 cm³/mol. The highest BCUT2D eigenvalue weighted by atomic mass is 35.5. The molecule has 0 aromatic heterocycles. The van der Waals surface area contributed by atoms with Crippen molar-refractivity contribution in [1.82, 2.24) is 4.90 Å². The average molecular weight is 355 g/mol. The van der Waals surface area contributed by atoms with Gasteiger partial charge in [0, 0.05) is 22.5 Å². The number of nitrogens with zero attached hydrogens (tertiary/aromatic N) is 2. The van der Waals surface area contributed by atoms with E-state index in [1.807, 2.05) is 30.0 Å². The molecular weight excluding hydrogens is 337 g/mol. The van der Waals surface area contributed by atoms with Crippen LogP contribution in [-0.4, -0.2) is 35.5 Å². The Morgan fingerprint density at radius 2 is 2.20 bits per heavy atom. The van der Waals surface area contributed by atoms with Crippen molar-refractivity contribution in [2.45, 2.75) is 18.2 Å². The van der Waals surface area contributed by atoms with E-state index >= 15 is 0 Å². The number of likely N-dealkylation sites (tertiary alicyclic amines) is 1. The van der Waals surface area contributed by atoms with Gasteiger partial charge in [-0.1, -0.05) is 23.4 Å². The fourth-order valence-electron chi connectivity index (χ4n) is 2.34. The summed E-state index contributed by atoms with van der Waals surface area (Å²) in [6.45, 7) is 3.07. The van der Waals surface area contributed by atoms with E-state index < -0.39 is 0 Å². The minimum atomic E-state index is 0. The number of aliphatic imine (C=N–C) groups is 1. The monoisotopic (exact) mass is 353 g/mol. The van der Waals surface area contributed by atoms with Crippen LogP contribution in [0, 0.1) is 0 Å². The van der Waals surface area contributed by atoms with Crippen molar-refractivity contribution in [3.05, 3.63) is 28.8 Å². The summed E-state index contributed by atoms with van der Waals surface area (Å²) in [4.78, 5) is 6.96. The number of fused-ring (bicyclic) bond motifs is 1. The molecule has 1 unspecified atom stereocenters. The third-order valence-corrected chi connectivity index (χ3v) is 4.74. The molecule has 0 amide bonds. The third-order valence-electron chi connectivity index (χ3n) is 3.33. The van der Waals surface area contributed by atoms with Gasteiger partial charge in [0.15, 0.2) is 5.17 Å². The molecule has 0 saturated carbocycles. The maximum Gasteiger partial charge on any atom is 0.161 e. The second kappa shape index (κ2) is 7.76. The van der Waals surface area contributed by atoms with E-state index in [2.05, 4.69) is 22.3 Å². The van der Waals surface area contributed by atoms with Crippen molar-refractivity contribution in [3.8, 4) is 0 Å². The first-order valence-electron chi connectivity index (χ1n) is 6.16. The van der Waals surface area contributed by atoms with Gasteiger partial charge in [-0.25, -0.2) is 0 Å². The lowest BCUT2D eigenvalue weighted by atomic mass is 10.1. The molecule has 1 saturated heterocycles. The lowest BCUT2D eigenvalue weighted by Gasteiger charge is -2.20. The Hall–Kier alpha value is -0.130. The molecular formula is C13H18Cl3N3S. The Balaban J connectivity index is 0.000001000. The zero-order chi connectivity index (χ0) is 12.5. The van der Waals surface area contributed by atoms with Gasteiger partial charge >= 0.3 is 0 Å². The maximum absolute atomic E-state index is 5.98. The Labute approximate surface area is 141 Å². The summed E-state index contributed by atoms with van der Waals surface area (Å²) in [6.07, 6.45) is 1.25. The third kappa shape index (κ3) is 4.18. The van der Waals surface area contributed by atoms with Crippen LogP contribution in [0.1, 0.15) is 12.0 Å². The molecule has 2 heterocycles. The standard InChI is InChI=1S/C13H16ClN3S.2ClH/c1-17-5-4-11(8-17)18-13-15-7-9-6-10(14)2-3-12(9)16-13;;/h2-3,6,11H,4-5,7-8H2,1H3,(H,15,16);2*1H. The van der Waals surface area contributed by atoms with Crippen LogP contribution in [-0.2, 0) is 6.54 Å². The van der Waals surface area contributed by atoms with E-state index in [1.54, 1.807) is 0 Å². The van der Waals surface area contributed by atoms with Crippen LogP contribution in [0.2, 0.25) is 5.02 Å². The zero-order valence-corrected chi connectivity index (χ0v) is 14.3. The van der Waals surface area contributed by atoms with Gasteiger partial charge in [0.05, 0.1) is 6.54 Å². The molecule has 7 heteroatoms. The van der Waals surface area contributed by atoms with E-state index in [1.165, 1.54) is 18.5 Å². The van der Waals surface area contributed by atoms with Gasteiger partial charge in [0.25, 0.3) is 0 Å². The number of rotatable bonds is 1. The van der Waals surface area contributed by atoms with E-state index in [0.717, 1.165) is 29.0 Å². The van der Waals surface area contributed by atoms with Crippen LogP contribution in [0.25, 0.3) is 0 Å². The molecule has 1 aromatic carbocycles. The summed E-state index contributed by atoms with van der Waals surface area (Å²) in [5, 5.41) is 5.89. The van der Waals surface area contributed by atoms with Crippen LogP contribution < -0.4 is 5.32 Å². The van der Waals surface area contributed by atoms with Crippen molar-refractivity contribution in [2.75, 3.05) is 25.5 Å². The molecule has 2 aliphatic rings. The SMILES string of the molecule is CN1CCC(SC2=NCc3cc(Cl)ccc3N2)C1.Cl.Cl. The highest BCUT2D eigenvalue weighted by Gasteiger charge is 2.23. The summed E-state index contributed by atoms with van der Waals surface area (Å²) in [5.41, 5.74) is 2.32. The smallest absolute Gasteiger partial charge is 0.161 e. The molecule has 0 spiro atoms. The molecule has 0 aliphatic carbocycles. The molecule has 0 bridgehead atoms. The van der Waals surface area contributed by atoms with E-state index in [9.17, 15) is 0 Å². The largest absolute Gasteiger partial charge is 0.335 e. The molecule has 112 valence electrons. The van der Waals surface area contributed by atoms with Gasteiger partial charge in [-0.2, -0.15) is 0 Å². The molecule has 3 rings (SSSR count). The Bertz CT molecular complexity index is 496. The first-order chi connectivity index (χ1) is 8.70. The highest BCUT2D eigenvalue weighted by molar-refractivity contribution is 8.14. The quantitative estimate of drug-likeness (QED) is 0.829. The van der Waals surface area contributed by atoms with Crippen LogP contribution in [0.3, 0.4) is 0 Å². The second-order valence-corrected chi connectivity index (χ2v) is 6.56. The number of nitrogens with one attached hydrogen (secondary N) is 1. The van der Waals surface area contributed by atoms with E-state index in [4.69, 9.17) is 11.6 Å². The van der Waals surface area contributed by atoms with Crippen molar-refractivity contribution >= 4 is 59.0 Å². The molecule has 1 fully saturated rings. The van der Waals surface area contributed by atoms with E-state index in [-0.39, 0.29) is 24.8 Å². The molecule has 1 N–H and O–H groups in total. The lowest BCUT2D eigenvalue weighted by Crippen LogP contribution is -2.20. The molecule has 3 nitrogen and oxygen atoms in total. The lowest BCUT2D eigenvalue weighted by molar-refractivity contribution is 0.419. The summed E-state index contributed by atoms with van der Waals surface area (Å²) < 4.78 is 0. The molecule has 20 heavy (non-hydrogen) atoms. The Morgan fingerprint density at radius 3 is 2.90 bits per heavy atom. The second-order valence-electron chi connectivity index (χ2n) is 4.84. The predicted octanol–water partition coefficient (Wildman–Crippen LogP) is 3.90.